The highest BCUT2D eigenvalue weighted by Crippen LogP contribution is 2.36. The summed E-state index contributed by atoms with van der Waals surface area (Å²) in [6, 6.07) is 9.49. The molecule has 1 heterocycles. The molecule has 0 unspecified atom stereocenters. The Balaban J connectivity index is 1.85. The molecule has 26 heavy (non-hydrogen) atoms. The number of nitrogens with zero attached hydrogens (tertiary/aromatic N) is 1. The van der Waals surface area contributed by atoms with E-state index in [0.717, 1.165) is 17.7 Å². The molecule has 0 aliphatic heterocycles. The van der Waals surface area contributed by atoms with Gasteiger partial charge in [0.15, 0.2) is 0 Å². The third-order valence-electron chi connectivity index (χ3n) is 3.68. The van der Waals surface area contributed by atoms with Crippen LogP contribution in [-0.4, -0.2) is 16.1 Å². The molecule has 0 bridgehead atoms. The number of carbonyl (C=O) groups is 1. The highest BCUT2D eigenvalue weighted by Gasteiger charge is 2.31. The molecule has 2 aromatic carbocycles. The van der Waals surface area contributed by atoms with Crippen molar-refractivity contribution in [2.75, 3.05) is 0 Å². The van der Waals surface area contributed by atoms with E-state index in [1.165, 1.54) is 29.5 Å². The molecule has 0 aliphatic carbocycles. The quantitative estimate of drug-likeness (QED) is 0.607. The topological polar surface area (TPSA) is 50.2 Å². The minimum Gasteiger partial charge on any atom is -0.478 e. The Labute approximate surface area is 155 Å². The van der Waals surface area contributed by atoms with Crippen molar-refractivity contribution < 1.29 is 23.1 Å². The Kier molecular flexibility index (Phi) is 5.02. The lowest BCUT2D eigenvalue weighted by molar-refractivity contribution is -0.137. The van der Waals surface area contributed by atoms with Crippen molar-refractivity contribution in [2.24, 2.45) is 0 Å². The Morgan fingerprint density at radius 1 is 1.15 bits per heavy atom. The first-order valence-corrected chi connectivity index (χ1v) is 8.63. The standard InChI is InChI=1S/C18H11ClF3NO2S/c19-14-6-5-12(18(20,21)22)8-13(14)15-9-26-16(23-15)7-10-1-3-11(4-2-10)17(24)25/h1-6,8-9H,7H2,(H,24,25). The number of alkyl halides is 3. The van der Waals surface area contributed by atoms with Gasteiger partial charge in [-0.1, -0.05) is 23.7 Å². The van der Waals surface area contributed by atoms with E-state index in [2.05, 4.69) is 4.98 Å². The summed E-state index contributed by atoms with van der Waals surface area (Å²) in [4.78, 5) is 15.2. The first-order chi connectivity index (χ1) is 12.2. The molecule has 1 aromatic heterocycles. The lowest BCUT2D eigenvalue weighted by atomic mass is 10.1. The van der Waals surface area contributed by atoms with E-state index in [1.54, 1.807) is 17.5 Å². The molecule has 0 fully saturated rings. The van der Waals surface area contributed by atoms with Crippen molar-refractivity contribution in [1.29, 1.82) is 0 Å². The summed E-state index contributed by atoms with van der Waals surface area (Å²) in [6.07, 6.45) is -4.01. The van der Waals surface area contributed by atoms with E-state index in [0.29, 0.717) is 17.1 Å². The average molecular weight is 398 g/mol. The maximum absolute atomic E-state index is 12.9. The predicted octanol–water partition coefficient (Wildman–Crippen LogP) is 5.77. The average Bonchev–Trinajstić information content (AvgIpc) is 3.03. The predicted molar refractivity (Wildman–Crippen MR) is 93.8 cm³/mol. The van der Waals surface area contributed by atoms with Crippen LogP contribution in [0.3, 0.4) is 0 Å². The summed E-state index contributed by atoms with van der Waals surface area (Å²) >= 11 is 7.34. The second-order valence-corrected chi connectivity index (χ2v) is 6.85. The van der Waals surface area contributed by atoms with E-state index in [4.69, 9.17) is 16.7 Å². The molecule has 3 nitrogen and oxygen atoms in total. The minimum atomic E-state index is -4.45. The molecule has 0 saturated heterocycles. The molecule has 8 heteroatoms. The van der Waals surface area contributed by atoms with Crippen LogP contribution < -0.4 is 0 Å². The number of thiazole rings is 1. The normalized spacial score (nSPS) is 11.5. The third kappa shape index (κ3) is 4.05. The second kappa shape index (κ2) is 7.09. The van der Waals surface area contributed by atoms with Crippen LogP contribution in [0.4, 0.5) is 13.2 Å². The monoisotopic (exact) mass is 397 g/mol. The number of rotatable bonds is 4. The fourth-order valence-electron chi connectivity index (χ4n) is 2.35. The number of aromatic nitrogens is 1. The number of benzene rings is 2. The Bertz CT molecular complexity index is 952. The van der Waals surface area contributed by atoms with Gasteiger partial charge in [-0.3, -0.25) is 0 Å². The van der Waals surface area contributed by atoms with Gasteiger partial charge in [0.1, 0.15) is 0 Å². The zero-order chi connectivity index (χ0) is 18.9. The maximum Gasteiger partial charge on any atom is 0.416 e. The number of carboxylic acids is 1. The van der Waals surface area contributed by atoms with Gasteiger partial charge in [0.2, 0.25) is 0 Å². The third-order valence-corrected chi connectivity index (χ3v) is 4.86. The Morgan fingerprint density at radius 3 is 2.46 bits per heavy atom. The van der Waals surface area contributed by atoms with Crippen LogP contribution in [-0.2, 0) is 12.6 Å². The lowest BCUT2D eigenvalue weighted by Gasteiger charge is -2.09. The van der Waals surface area contributed by atoms with Gasteiger partial charge in [0.25, 0.3) is 0 Å². The fourth-order valence-corrected chi connectivity index (χ4v) is 3.40. The fraction of sp³-hybridized carbons (Fsp3) is 0.111. The smallest absolute Gasteiger partial charge is 0.416 e. The largest absolute Gasteiger partial charge is 0.478 e. The molecular weight excluding hydrogens is 387 g/mol. The highest BCUT2D eigenvalue weighted by molar-refractivity contribution is 7.10. The number of hydrogen-bond donors (Lipinski definition) is 1. The van der Waals surface area contributed by atoms with Crippen LogP contribution in [0.5, 0.6) is 0 Å². The zero-order valence-electron chi connectivity index (χ0n) is 13.0. The summed E-state index contributed by atoms with van der Waals surface area (Å²) in [5, 5.41) is 11.4. The summed E-state index contributed by atoms with van der Waals surface area (Å²) in [7, 11) is 0. The summed E-state index contributed by atoms with van der Waals surface area (Å²) < 4.78 is 38.7. The van der Waals surface area contributed by atoms with Crippen LogP contribution in [0.2, 0.25) is 5.02 Å². The van der Waals surface area contributed by atoms with Gasteiger partial charge >= 0.3 is 12.1 Å². The van der Waals surface area contributed by atoms with Crippen molar-refractivity contribution in [3.05, 3.63) is 74.6 Å². The minimum absolute atomic E-state index is 0.185. The van der Waals surface area contributed by atoms with E-state index in [-0.39, 0.29) is 16.1 Å². The van der Waals surface area contributed by atoms with Crippen molar-refractivity contribution >= 4 is 28.9 Å². The molecule has 3 rings (SSSR count). The summed E-state index contributed by atoms with van der Waals surface area (Å²) in [6.45, 7) is 0. The van der Waals surface area contributed by atoms with Gasteiger partial charge in [-0.2, -0.15) is 13.2 Å². The Morgan fingerprint density at radius 2 is 1.85 bits per heavy atom. The van der Waals surface area contributed by atoms with E-state index < -0.39 is 17.7 Å². The molecule has 0 saturated carbocycles. The summed E-state index contributed by atoms with van der Waals surface area (Å²) in [5.74, 6) is -1.01. The number of carboxylic acid groups (broad SMARTS) is 1. The molecule has 0 aliphatic rings. The van der Waals surface area contributed by atoms with E-state index in [9.17, 15) is 18.0 Å². The second-order valence-electron chi connectivity index (χ2n) is 5.50. The van der Waals surface area contributed by atoms with Crippen molar-refractivity contribution in [1.82, 2.24) is 4.98 Å². The highest BCUT2D eigenvalue weighted by atomic mass is 35.5. The molecule has 0 atom stereocenters. The molecule has 134 valence electrons. The van der Waals surface area contributed by atoms with Gasteiger partial charge in [-0.25, -0.2) is 9.78 Å². The number of aromatic carboxylic acids is 1. The number of halogens is 4. The van der Waals surface area contributed by atoms with Crippen LogP contribution >= 0.6 is 22.9 Å². The molecule has 0 amide bonds. The van der Waals surface area contributed by atoms with Crippen LogP contribution in [0.1, 0.15) is 26.5 Å². The van der Waals surface area contributed by atoms with Crippen LogP contribution in [0.15, 0.2) is 47.8 Å². The van der Waals surface area contributed by atoms with Gasteiger partial charge in [-0.05, 0) is 35.9 Å². The van der Waals surface area contributed by atoms with Crippen LogP contribution in [0.25, 0.3) is 11.3 Å². The van der Waals surface area contributed by atoms with E-state index >= 15 is 0 Å². The van der Waals surface area contributed by atoms with Gasteiger partial charge in [0.05, 0.1) is 26.9 Å². The summed E-state index contributed by atoms with van der Waals surface area (Å²) in [5.41, 5.74) is 0.861. The molecule has 3 aromatic rings. The van der Waals surface area contributed by atoms with Gasteiger partial charge < -0.3 is 5.11 Å². The molecular formula is C18H11ClF3NO2S. The van der Waals surface area contributed by atoms with Gasteiger partial charge in [-0.15, -0.1) is 11.3 Å². The molecule has 1 N–H and O–H groups in total. The van der Waals surface area contributed by atoms with Crippen molar-refractivity contribution in [3.63, 3.8) is 0 Å². The Hall–Kier alpha value is -2.38. The number of hydrogen-bond acceptors (Lipinski definition) is 3. The van der Waals surface area contributed by atoms with Crippen LogP contribution in [0, 0.1) is 0 Å². The lowest BCUT2D eigenvalue weighted by Crippen LogP contribution is -2.04. The van der Waals surface area contributed by atoms with Crippen molar-refractivity contribution in [2.45, 2.75) is 12.6 Å². The van der Waals surface area contributed by atoms with E-state index in [1.807, 2.05) is 0 Å². The molecule has 0 spiro atoms. The SMILES string of the molecule is O=C(O)c1ccc(Cc2nc(-c3cc(C(F)(F)F)ccc3Cl)cs2)cc1. The first kappa shape index (κ1) is 18.4. The zero-order valence-corrected chi connectivity index (χ0v) is 14.6. The maximum atomic E-state index is 12.9. The first-order valence-electron chi connectivity index (χ1n) is 7.38. The molecule has 0 radical (unpaired) electrons. The van der Waals surface area contributed by atoms with Crippen molar-refractivity contribution in [3.8, 4) is 11.3 Å². The van der Waals surface area contributed by atoms with Gasteiger partial charge in [0, 0.05) is 17.4 Å².